The molecule has 46 valence electrons. The van der Waals surface area contributed by atoms with E-state index in [2.05, 4.69) is 0 Å². The van der Waals surface area contributed by atoms with Gasteiger partial charge in [0.25, 0.3) is 0 Å². The van der Waals surface area contributed by atoms with Gasteiger partial charge in [-0.2, -0.15) is 0 Å². The summed E-state index contributed by atoms with van der Waals surface area (Å²) < 4.78 is 0. The van der Waals surface area contributed by atoms with Crippen LogP contribution in [0.3, 0.4) is 0 Å². The Morgan fingerprint density at radius 1 is 1.62 bits per heavy atom. The van der Waals surface area contributed by atoms with Crippen molar-refractivity contribution in [2.75, 3.05) is 6.61 Å². The van der Waals surface area contributed by atoms with E-state index < -0.39 is 6.10 Å². The fraction of sp³-hybridized carbons (Fsp3) is 0.667. The summed E-state index contributed by atoms with van der Waals surface area (Å²) in [6.07, 6.45) is 4.03. The number of rotatable bonds is 1. The molecular weight excluding hydrogens is 104 g/mol. The second kappa shape index (κ2) is 2.29. The van der Waals surface area contributed by atoms with Gasteiger partial charge in [-0.15, -0.1) is 0 Å². The molecule has 0 aromatic carbocycles. The fourth-order valence-corrected chi connectivity index (χ4v) is 0.872. The highest BCUT2D eigenvalue weighted by molar-refractivity contribution is 5.01. The second-order valence-corrected chi connectivity index (χ2v) is 2.10. The Morgan fingerprint density at radius 2 is 2.38 bits per heavy atom. The van der Waals surface area contributed by atoms with Crippen molar-refractivity contribution in [3.63, 3.8) is 0 Å². The lowest BCUT2D eigenvalue weighted by atomic mass is 10.1. The first kappa shape index (κ1) is 5.79. The predicted octanol–water partition coefficient (Wildman–Crippen LogP) is -0.0843. The molecule has 0 unspecified atom stereocenters. The third kappa shape index (κ3) is 0.904. The molecule has 0 radical (unpaired) electrons. The van der Waals surface area contributed by atoms with E-state index in [1.165, 1.54) is 0 Å². The summed E-state index contributed by atoms with van der Waals surface area (Å²) in [5, 5.41) is 17.5. The van der Waals surface area contributed by atoms with Gasteiger partial charge in [0.2, 0.25) is 0 Å². The Labute approximate surface area is 48.5 Å². The van der Waals surface area contributed by atoms with Crippen LogP contribution in [-0.2, 0) is 0 Å². The minimum absolute atomic E-state index is 0.0648. The molecule has 1 rings (SSSR count). The van der Waals surface area contributed by atoms with Gasteiger partial charge in [-0.1, -0.05) is 12.2 Å². The van der Waals surface area contributed by atoms with Gasteiger partial charge in [-0.25, -0.2) is 0 Å². The molecule has 2 heteroatoms. The molecule has 8 heavy (non-hydrogen) atoms. The molecular formula is C6H10O2. The molecule has 1 aliphatic rings. The zero-order chi connectivity index (χ0) is 5.98. The van der Waals surface area contributed by atoms with Crippen LogP contribution in [0.25, 0.3) is 0 Å². The van der Waals surface area contributed by atoms with Crippen LogP contribution >= 0.6 is 0 Å². The Hall–Kier alpha value is -0.340. The molecule has 0 saturated carbocycles. The SMILES string of the molecule is OC[C@H]1CC=C[C@@H]1O. The molecule has 0 spiro atoms. The Bertz CT molecular complexity index is 98.7. The maximum atomic E-state index is 8.94. The van der Waals surface area contributed by atoms with Gasteiger partial charge in [0, 0.05) is 12.5 Å². The van der Waals surface area contributed by atoms with Crippen molar-refractivity contribution in [3.05, 3.63) is 12.2 Å². The highest BCUT2D eigenvalue weighted by Crippen LogP contribution is 2.16. The van der Waals surface area contributed by atoms with Crippen LogP contribution < -0.4 is 0 Å². The molecule has 0 aromatic rings. The summed E-state index contributed by atoms with van der Waals surface area (Å²) in [5.41, 5.74) is 0. The van der Waals surface area contributed by atoms with Crippen molar-refractivity contribution in [2.24, 2.45) is 5.92 Å². The van der Waals surface area contributed by atoms with Crippen molar-refractivity contribution in [3.8, 4) is 0 Å². The zero-order valence-electron chi connectivity index (χ0n) is 4.62. The van der Waals surface area contributed by atoms with Gasteiger partial charge in [0.15, 0.2) is 0 Å². The number of hydrogen-bond acceptors (Lipinski definition) is 2. The molecule has 1 aliphatic carbocycles. The van der Waals surface area contributed by atoms with Crippen molar-refractivity contribution < 1.29 is 10.2 Å². The molecule has 0 bridgehead atoms. The second-order valence-electron chi connectivity index (χ2n) is 2.10. The van der Waals surface area contributed by atoms with Crippen molar-refractivity contribution in [1.82, 2.24) is 0 Å². The lowest BCUT2D eigenvalue weighted by Crippen LogP contribution is -2.16. The van der Waals surface area contributed by atoms with E-state index in [4.69, 9.17) is 10.2 Å². The largest absolute Gasteiger partial charge is 0.396 e. The Kier molecular flexibility index (Phi) is 1.65. The standard InChI is InChI=1S/C6H10O2/c7-4-5-2-1-3-6(5)8/h1,3,5-8H,2,4H2/t5-,6+/m1/s1. The van der Waals surface area contributed by atoms with Crippen LogP contribution in [-0.4, -0.2) is 22.9 Å². The summed E-state index contributed by atoms with van der Waals surface area (Å²) in [5.74, 6) is 0.0648. The van der Waals surface area contributed by atoms with Gasteiger partial charge in [0.05, 0.1) is 6.10 Å². The van der Waals surface area contributed by atoms with Crippen LogP contribution in [0, 0.1) is 5.92 Å². The topological polar surface area (TPSA) is 40.5 Å². The summed E-state index contributed by atoms with van der Waals surface area (Å²) in [4.78, 5) is 0. The molecule has 0 heterocycles. The van der Waals surface area contributed by atoms with E-state index >= 15 is 0 Å². The third-order valence-electron chi connectivity index (χ3n) is 1.49. The Balaban J connectivity index is 2.38. The smallest absolute Gasteiger partial charge is 0.0773 e. The maximum absolute atomic E-state index is 8.94. The van der Waals surface area contributed by atoms with Crippen LogP contribution in [0.1, 0.15) is 6.42 Å². The highest BCUT2D eigenvalue weighted by Gasteiger charge is 2.18. The summed E-state index contributed by atoms with van der Waals surface area (Å²) >= 11 is 0. The lowest BCUT2D eigenvalue weighted by Gasteiger charge is -2.08. The fourth-order valence-electron chi connectivity index (χ4n) is 0.872. The van der Waals surface area contributed by atoms with Crippen molar-refractivity contribution in [1.29, 1.82) is 0 Å². The predicted molar refractivity (Wildman–Crippen MR) is 30.3 cm³/mol. The first-order valence-electron chi connectivity index (χ1n) is 2.80. The van der Waals surface area contributed by atoms with Crippen LogP contribution in [0.5, 0.6) is 0 Å². The lowest BCUT2D eigenvalue weighted by molar-refractivity contribution is 0.112. The van der Waals surface area contributed by atoms with Gasteiger partial charge < -0.3 is 10.2 Å². The molecule has 0 aliphatic heterocycles. The molecule has 0 aromatic heterocycles. The van der Waals surface area contributed by atoms with Crippen molar-refractivity contribution >= 4 is 0 Å². The molecule has 2 N–H and O–H groups in total. The van der Waals surface area contributed by atoms with Gasteiger partial charge in [-0.3, -0.25) is 0 Å². The van der Waals surface area contributed by atoms with E-state index in [1.807, 2.05) is 6.08 Å². The molecule has 0 amide bonds. The Morgan fingerprint density at radius 3 is 2.62 bits per heavy atom. The van der Waals surface area contributed by atoms with E-state index in [1.54, 1.807) is 6.08 Å². The van der Waals surface area contributed by atoms with E-state index in [0.29, 0.717) is 0 Å². The normalized spacial score (nSPS) is 36.2. The molecule has 0 fully saturated rings. The average Bonchev–Trinajstić information content (AvgIpc) is 2.14. The first-order valence-corrected chi connectivity index (χ1v) is 2.80. The minimum atomic E-state index is -0.403. The van der Waals surface area contributed by atoms with Gasteiger partial charge in [-0.05, 0) is 6.42 Å². The monoisotopic (exact) mass is 114 g/mol. The maximum Gasteiger partial charge on any atom is 0.0773 e. The molecule has 0 saturated heterocycles. The summed E-state index contributed by atoms with van der Waals surface area (Å²) in [6.45, 7) is 0.0914. The number of hydrogen-bond donors (Lipinski definition) is 2. The zero-order valence-corrected chi connectivity index (χ0v) is 4.62. The van der Waals surface area contributed by atoms with Gasteiger partial charge in [0.1, 0.15) is 0 Å². The number of aliphatic hydroxyl groups is 2. The van der Waals surface area contributed by atoms with Gasteiger partial charge >= 0.3 is 0 Å². The quantitative estimate of drug-likeness (QED) is 0.468. The summed E-state index contributed by atoms with van der Waals surface area (Å²) in [7, 11) is 0. The van der Waals surface area contributed by atoms with Crippen molar-refractivity contribution in [2.45, 2.75) is 12.5 Å². The molecule has 2 nitrogen and oxygen atoms in total. The third-order valence-corrected chi connectivity index (χ3v) is 1.49. The van der Waals surface area contributed by atoms with Crippen LogP contribution in [0.4, 0.5) is 0 Å². The highest BCUT2D eigenvalue weighted by atomic mass is 16.3. The summed E-state index contributed by atoms with van der Waals surface area (Å²) in [6, 6.07) is 0. The minimum Gasteiger partial charge on any atom is -0.396 e. The van der Waals surface area contributed by atoms with E-state index in [9.17, 15) is 0 Å². The molecule has 2 atom stereocenters. The number of aliphatic hydroxyl groups excluding tert-OH is 2. The number of allylic oxidation sites excluding steroid dienone is 1. The first-order chi connectivity index (χ1) is 3.84. The van der Waals surface area contributed by atoms with E-state index in [-0.39, 0.29) is 12.5 Å². The van der Waals surface area contributed by atoms with Crippen LogP contribution in [0.15, 0.2) is 12.2 Å². The van der Waals surface area contributed by atoms with E-state index in [0.717, 1.165) is 6.42 Å². The van der Waals surface area contributed by atoms with Crippen LogP contribution in [0.2, 0.25) is 0 Å². The average molecular weight is 114 g/mol.